The Morgan fingerprint density at radius 2 is 2.04 bits per heavy atom. The highest BCUT2D eigenvalue weighted by Gasteiger charge is 2.47. The van der Waals surface area contributed by atoms with Crippen molar-refractivity contribution in [1.82, 2.24) is 15.2 Å². The summed E-state index contributed by atoms with van der Waals surface area (Å²) in [5.41, 5.74) is 3.44. The average molecular weight is 370 g/mol. The van der Waals surface area contributed by atoms with Crippen LogP contribution >= 0.6 is 11.3 Å². The van der Waals surface area contributed by atoms with Crippen LogP contribution in [-0.2, 0) is 0 Å². The van der Waals surface area contributed by atoms with Gasteiger partial charge in [-0.3, -0.25) is 4.79 Å². The lowest BCUT2D eigenvalue weighted by atomic mass is 9.87. The molecule has 2 aliphatic heterocycles. The van der Waals surface area contributed by atoms with Gasteiger partial charge < -0.3 is 10.2 Å². The smallest absolute Gasteiger partial charge is 0.266 e. The number of rotatable bonds is 3. The van der Waals surface area contributed by atoms with Crippen LogP contribution in [0.2, 0.25) is 0 Å². The number of hydrogen-bond acceptors (Lipinski definition) is 4. The lowest BCUT2D eigenvalue weighted by Crippen LogP contribution is -2.35. The third-order valence-electron chi connectivity index (χ3n) is 5.83. The van der Waals surface area contributed by atoms with Crippen molar-refractivity contribution in [2.75, 3.05) is 19.6 Å². The Kier molecular flexibility index (Phi) is 4.61. The molecule has 2 saturated heterocycles. The van der Waals surface area contributed by atoms with Crippen molar-refractivity contribution in [2.45, 2.75) is 39.7 Å². The molecule has 0 bridgehead atoms. The molecule has 5 heteroatoms. The number of nitrogens with zero attached hydrogens (tertiary/aromatic N) is 2. The number of aromatic nitrogens is 1. The van der Waals surface area contributed by atoms with Gasteiger partial charge in [0.15, 0.2) is 0 Å². The zero-order valence-electron chi connectivity index (χ0n) is 16.0. The maximum atomic E-state index is 13.5. The van der Waals surface area contributed by atoms with Gasteiger partial charge in [0.25, 0.3) is 5.91 Å². The number of carbonyl (C=O) groups excluding carboxylic acids is 1. The second-order valence-corrected chi connectivity index (χ2v) is 8.99. The molecule has 138 valence electrons. The second-order valence-electron chi connectivity index (χ2n) is 7.96. The zero-order valence-corrected chi connectivity index (χ0v) is 16.8. The topological polar surface area (TPSA) is 45.2 Å². The summed E-state index contributed by atoms with van der Waals surface area (Å²) in [4.78, 5) is 21.1. The van der Waals surface area contributed by atoms with Crippen LogP contribution in [0.4, 0.5) is 0 Å². The molecule has 3 heterocycles. The van der Waals surface area contributed by atoms with Gasteiger partial charge in [0, 0.05) is 31.5 Å². The molecule has 3 atom stereocenters. The number of hydrogen-bond donors (Lipinski definition) is 1. The fourth-order valence-corrected chi connectivity index (χ4v) is 5.46. The Balaban J connectivity index is 1.72. The van der Waals surface area contributed by atoms with E-state index in [1.807, 2.05) is 6.92 Å². The third kappa shape index (κ3) is 2.87. The van der Waals surface area contributed by atoms with Crippen LogP contribution in [0.3, 0.4) is 0 Å². The number of aryl methyl sites for hydroxylation is 2. The lowest BCUT2D eigenvalue weighted by Gasteiger charge is -2.29. The van der Waals surface area contributed by atoms with Crippen molar-refractivity contribution in [3.63, 3.8) is 0 Å². The minimum Gasteiger partial charge on any atom is -0.330 e. The maximum Gasteiger partial charge on any atom is 0.266 e. The largest absolute Gasteiger partial charge is 0.330 e. The fourth-order valence-electron chi connectivity index (χ4n) is 4.44. The zero-order chi connectivity index (χ0) is 18.4. The summed E-state index contributed by atoms with van der Waals surface area (Å²) in [5.74, 6) is 1.56. The molecule has 4 rings (SSSR count). The molecular weight excluding hydrogens is 342 g/mol. The highest BCUT2D eigenvalue weighted by atomic mass is 32.1. The van der Waals surface area contributed by atoms with Gasteiger partial charge in [-0.15, -0.1) is 11.3 Å². The summed E-state index contributed by atoms with van der Waals surface area (Å²) >= 11 is 1.57. The van der Waals surface area contributed by atoms with Crippen LogP contribution < -0.4 is 5.32 Å². The van der Waals surface area contributed by atoms with E-state index in [9.17, 15) is 4.79 Å². The molecule has 1 aromatic heterocycles. The molecule has 4 nitrogen and oxygen atoms in total. The number of amides is 1. The first-order valence-corrected chi connectivity index (χ1v) is 10.3. The molecule has 0 spiro atoms. The van der Waals surface area contributed by atoms with Crippen molar-refractivity contribution >= 4 is 17.2 Å². The normalized spacial score (nSPS) is 25.1. The van der Waals surface area contributed by atoms with Crippen LogP contribution in [0.1, 0.15) is 57.3 Å². The number of likely N-dealkylation sites (tertiary alicyclic amines) is 1. The summed E-state index contributed by atoms with van der Waals surface area (Å²) < 4.78 is 0. The van der Waals surface area contributed by atoms with E-state index in [1.165, 1.54) is 11.1 Å². The highest BCUT2D eigenvalue weighted by molar-refractivity contribution is 7.13. The predicted molar refractivity (Wildman–Crippen MR) is 106 cm³/mol. The van der Waals surface area contributed by atoms with Crippen LogP contribution in [0.5, 0.6) is 0 Å². The van der Waals surface area contributed by atoms with Crippen molar-refractivity contribution in [2.24, 2.45) is 11.8 Å². The van der Waals surface area contributed by atoms with Crippen LogP contribution in [0.25, 0.3) is 0 Å². The molecule has 2 fully saturated rings. The first kappa shape index (κ1) is 17.7. The van der Waals surface area contributed by atoms with Crippen molar-refractivity contribution in [3.05, 3.63) is 51.0 Å². The van der Waals surface area contributed by atoms with Gasteiger partial charge in [0.1, 0.15) is 4.88 Å². The molecule has 1 N–H and O–H groups in total. The Hall–Kier alpha value is -1.72. The van der Waals surface area contributed by atoms with E-state index in [2.05, 4.69) is 60.2 Å². The first-order valence-electron chi connectivity index (χ1n) is 9.52. The van der Waals surface area contributed by atoms with Crippen LogP contribution in [0.15, 0.2) is 24.3 Å². The van der Waals surface area contributed by atoms with Crippen molar-refractivity contribution < 1.29 is 4.79 Å². The van der Waals surface area contributed by atoms with E-state index in [1.54, 1.807) is 11.3 Å². The summed E-state index contributed by atoms with van der Waals surface area (Å²) in [6.07, 6.45) is 0. The number of fused-ring (bicyclic) bond motifs is 1. The minimum atomic E-state index is 0.160. The monoisotopic (exact) mass is 369 g/mol. The Morgan fingerprint density at radius 3 is 2.73 bits per heavy atom. The fraction of sp³-hybridized carbons (Fsp3) is 0.524. The minimum absolute atomic E-state index is 0.160. The molecular formula is C21H27N3OS. The van der Waals surface area contributed by atoms with Crippen LogP contribution in [-0.4, -0.2) is 35.4 Å². The summed E-state index contributed by atoms with van der Waals surface area (Å²) in [7, 11) is 0. The van der Waals surface area contributed by atoms with E-state index in [0.717, 1.165) is 35.2 Å². The van der Waals surface area contributed by atoms with Gasteiger partial charge in [0.05, 0.1) is 16.7 Å². The van der Waals surface area contributed by atoms with E-state index in [0.29, 0.717) is 17.8 Å². The van der Waals surface area contributed by atoms with Crippen molar-refractivity contribution in [1.29, 1.82) is 0 Å². The first-order chi connectivity index (χ1) is 12.5. The maximum absolute atomic E-state index is 13.5. The van der Waals surface area contributed by atoms with E-state index in [4.69, 9.17) is 0 Å². The van der Waals surface area contributed by atoms with Crippen molar-refractivity contribution in [3.8, 4) is 0 Å². The van der Waals surface area contributed by atoms with Gasteiger partial charge in [0.2, 0.25) is 0 Å². The van der Waals surface area contributed by atoms with Gasteiger partial charge >= 0.3 is 0 Å². The van der Waals surface area contributed by atoms with E-state index < -0.39 is 0 Å². The second kappa shape index (κ2) is 6.78. The number of benzene rings is 1. The molecule has 1 aromatic carbocycles. The summed E-state index contributed by atoms with van der Waals surface area (Å²) in [6, 6.07) is 8.68. The summed E-state index contributed by atoms with van der Waals surface area (Å²) in [5, 5.41) is 4.58. The van der Waals surface area contributed by atoms with E-state index >= 15 is 0 Å². The summed E-state index contributed by atoms with van der Waals surface area (Å²) in [6.45, 7) is 11.2. The van der Waals surface area contributed by atoms with Gasteiger partial charge in [-0.1, -0.05) is 38.1 Å². The number of carbonyl (C=O) groups is 1. The molecule has 0 aliphatic carbocycles. The molecule has 1 amide bonds. The molecule has 0 unspecified atom stereocenters. The Morgan fingerprint density at radius 1 is 1.27 bits per heavy atom. The number of nitrogens with one attached hydrogen (secondary N) is 1. The highest BCUT2D eigenvalue weighted by Crippen LogP contribution is 2.44. The van der Waals surface area contributed by atoms with Gasteiger partial charge in [-0.05, 0) is 30.9 Å². The molecule has 0 radical (unpaired) electrons. The quantitative estimate of drug-likeness (QED) is 0.892. The standard InChI is InChI=1S/C21H27N3OS/c1-12(2)20-23-14(4)19(26-20)21(25)24-11-15-9-22-10-17(15)18(24)16-8-6-5-7-13(16)3/h5-8,12,15,17-18,22H,9-11H2,1-4H3/t15-,17-,18+/m0/s1. The number of thiazole rings is 1. The van der Waals surface area contributed by atoms with E-state index in [-0.39, 0.29) is 11.9 Å². The Labute approximate surface area is 159 Å². The molecule has 2 aromatic rings. The third-order valence-corrected chi connectivity index (χ3v) is 7.28. The molecule has 0 saturated carbocycles. The Bertz CT molecular complexity index is 828. The predicted octanol–water partition coefficient (Wildman–Crippen LogP) is 3.92. The molecule has 26 heavy (non-hydrogen) atoms. The van der Waals surface area contributed by atoms with Gasteiger partial charge in [-0.25, -0.2) is 4.98 Å². The van der Waals surface area contributed by atoms with Gasteiger partial charge in [-0.2, -0.15) is 0 Å². The average Bonchev–Trinajstić information content (AvgIpc) is 3.28. The van der Waals surface area contributed by atoms with Crippen LogP contribution in [0, 0.1) is 25.7 Å². The SMILES string of the molecule is Cc1ccccc1[C@@H]1[C@H]2CNC[C@H]2CN1C(=O)c1sc(C(C)C)nc1C. The lowest BCUT2D eigenvalue weighted by molar-refractivity contribution is 0.0717. The molecule has 2 aliphatic rings.